The van der Waals surface area contributed by atoms with Crippen LogP contribution in [0.4, 0.5) is 0 Å². The average molecular weight is 347 g/mol. The first-order valence-electron chi connectivity index (χ1n) is 8.89. The Morgan fingerprint density at radius 2 is 1.92 bits per heavy atom. The van der Waals surface area contributed by atoms with Crippen LogP contribution in [0.3, 0.4) is 0 Å². The molecular formula is C19H29N3O3. The molecule has 1 aromatic rings. The normalized spacial score (nSPS) is 18.0. The van der Waals surface area contributed by atoms with Crippen LogP contribution < -0.4 is 0 Å². The van der Waals surface area contributed by atoms with E-state index in [1.54, 1.807) is 23.0 Å². The molecule has 25 heavy (non-hydrogen) atoms. The van der Waals surface area contributed by atoms with Gasteiger partial charge in [-0.3, -0.25) is 24.2 Å². The Hall–Kier alpha value is -1.95. The predicted octanol–water partition coefficient (Wildman–Crippen LogP) is 2.09. The SMILES string of the molecule is CN(C)C(C)(C(=O)N(C=O)CC(=O)c1ccn(C)c1)C1CCCCC1. The first-order valence-corrected chi connectivity index (χ1v) is 8.89. The Labute approximate surface area is 149 Å². The van der Waals surface area contributed by atoms with E-state index in [4.69, 9.17) is 0 Å². The number of ketones is 1. The van der Waals surface area contributed by atoms with Gasteiger partial charge in [-0.05, 0) is 45.8 Å². The van der Waals surface area contributed by atoms with Crippen LogP contribution in [0.25, 0.3) is 0 Å². The number of amides is 2. The number of imide groups is 1. The average Bonchev–Trinajstić information content (AvgIpc) is 3.05. The first-order chi connectivity index (χ1) is 11.8. The summed E-state index contributed by atoms with van der Waals surface area (Å²) in [5.41, 5.74) is -0.274. The number of aryl methyl sites for hydroxylation is 1. The fraction of sp³-hybridized carbons (Fsp3) is 0.632. The zero-order chi connectivity index (χ0) is 18.6. The number of carbonyl (C=O) groups excluding carboxylic acids is 3. The Bertz CT molecular complexity index is 632. The monoisotopic (exact) mass is 347 g/mol. The largest absolute Gasteiger partial charge is 0.357 e. The van der Waals surface area contributed by atoms with Crippen LogP contribution >= 0.6 is 0 Å². The van der Waals surface area contributed by atoms with Gasteiger partial charge in [-0.1, -0.05) is 19.3 Å². The van der Waals surface area contributed by atoms with Crippen LogP contribution in [0.2, 0.25) is 0 Å². The van der Waals surface area contributed by atoms with E-state index in [9.17, 15) is 14.4 Å². The number of carbonyl (C=O) groups is 3. The molecule has 0 N–H and O–H groups in total. The van der Waals surface area contributed by atoms with E-state index >= 15 is 0 Å². The first kappa shape index (κ1) is 19.4. The molecular weight excluding hydrogens is 318 g/mol. The van der Waals surface area contributed by atoms with Crippen molar-refractivity contribution in [1.82, 2.24) is 14.4 Å². The van der Waals surface area contributed by atoms with Crippen LogP contribution in [0.1, 0.15) is 49.4 Å². The summed E-state index contributed by atoms with van der Waals surface area (Å²) in [6, 6.07) is 1.70. The minimum atomic E-state index is -0.779. The van der Waals surface area contributed by atoms with Gasteiger partial charge in [0.25, 0.3) is 0 Å². The van der Waals surface area contributed by atoms with Gasteiger partial charge in [0.1, 0.15) is 5.54 Å². The maximum Gasteiger partial charge on any atom is 0.249 e. The molecule has 6 nitrogen and oxygen atoms in total. The summed E-state index contributed by atoms with van der Waals surface area (Å²) >= 11 is 0. The van der Waals surface area contributed by atoms with Crippen molar-refractivity contribution in [2.45, 2.75) is 44.6 Å². The highest BCUT2D eigenvalue weighted by Gasteiger charge is 2.46. The molecule has 138 valence electrons. The molecule has 1 saturated carbocycles. The topological polar surface area (TPSA) is 62.6 Å². The van der Waals surface area contributed by atoms with Crippen molar-refractivity contribution in [2.75, 3.05) is 20.6 Å². The summed E-state index contributed by atoms with van der Waals surface area (Å²) in [6.45, 7) is 1.68. The van der Waals surface area contributed by atoms with Crippen LogP contribution in [-0.4, -0.2) is 58.6 Å². The van der Waals surface area contributed by atoms with Crippen molar-refractivity contribution in [3.63, 3.8) is 0 Å². The molecule has 0 saturated heterocycles. The van der Waals surface area contributed by atoms with Gasteiger partial charge < -0.3 is 4.57 Å². The van der Waals surface area contributed by atoms with Gasteiger partial charge in [0.2, 0.25) is 12.3 Å². The highest BCUT2D eigenvalue weighted by Crippen LogP contribution is 2.36. The second-order valence-electron chi connectivity index (χ2n) is 7.40. The van der Waals surface area contributed by atoms with Gasteiger partial charge >= 0.3 is 0 Å². The van der Waals surface area contributed by atoms with Gasteiger partial charge in [-0.25, -0.2) is 0 Å². The molecule has 6 heteroatoms. The number of Topliss-reactive ketones (excluding diaryl/α,β-unsaturated/α-hetero) is 1. The number of nitrogens with zero attached hydrogens (tertiary/aromatic N) is 3. The zero-order valence-electron chi connectivity index (χ0n) is 15.7. The fourth-order valence-electron chi connectivity index (χ4n) is 3.76. The molecule has 1 aromatic heterocycles. The number of likely N-dealkylation sites (N-methyl/N-ethyl adjacent to an activating group) is 1. The third-order valence-electron chi connectivity index (χ3n) is 5.62. The Morgan fingerprint density at radius 3 is 2.40 bits per heavy atom. The Kier molecular flexibility index (Phi) is 6.16. The number of hydrogen-bond acceptors (Lipinski definition) is 4. The summed E-state index contributed by atoms with van der Waals surface area (Å²) < 4.78 is 1.77. The van der Waals surface area contributed by atoms with Crippen molar-refractivity contribution in [2.24, 2.45) is 13.0 Å². The van der Waals surface area contributed by atoms with Gasteiger partial charge in [0.05, 0.1) is 6.54 Å². The van der Waals surface area contributed by atoms with E-state index in [0.717, 1.165) is 30.6 Å². The standard InChI is InChI=1S/C19H29N3O3/c1-19(20(2)3,16-8-6-5-7-9-16)18(25)22(14-23)13-17(24)15-10-11-21(4)12-15/h10-12,14,16H,5-9,13H2,1-4H3. The van der Waals surface area contributed by atoms with Crippen molar-refractivity contribution >= 4 is 18.1 Å². The summed E-state index contributed by atoms with van der Waals surface area (Å²) in [6.07, 6.45) is 9.30. The molecule has 0 bridgehead atoms. The third kappa shape index (κ3) is 4.00. The van der Waals surface area contributed by atoms with Crippen molar-refractivity contribution in [1.29, 1.82) is 0 Å². The summed E-state index contributed by atoms with van der Waals surface area (Å²) in [5.74, 6) is -0.326. The van der Waals surface area contributed by atoms with E-state index in [0.29, 0.717) is 12.0 Å². The van der Waals surface area contributed by atoms with E-state index in [1.165, 1.54) is 6.42 Å². The molecule has 1 fully saturated rings. The number of aromatic nitrogens is 1. The second-order valence-corrected chi connectivity index (χ2v) is 7.40. The molecule has 0 aromatic carbocycles. The van der Waals surface area contributed by atoms with Gasteiger partial charge in [0.15, 0.2) is 5.78 Å². The molecule has 1 aliphatic rings. The van der Waals surface area contributed by atoms with E-state index < -0.39 is 5.54 Å². The van der Waals surface area contributed by atoms with Gasteiger partial charge in [0, 0.05) is 25.0 Å². The van der Waals surface area contributed by atoms with Crippen molar-refractivity contribution in [3.8, 4) is 0 Å². The van der Waals surface area contributed by atoms with Crippen LogP contribution in [0.5, 0.6) is 0 Å². The summed E-state index contributed by atoms with van der Waals surface area (Å²) in [5, 5.41) is 0. The summed E-state index contributed by atoms with van der Waals surface area (Å²) in [7, 11) is 5.56. The van der Waals surface area contributed by atoms with Crippen LogP contribution in [-0.2, 0) is 16.6 Å². The molecule has 0 spiro atoms. The lowest BCUT2D eigenvalue weighted by Gasteiger charge is -2.44. The summed E-state index contributed by atoms with van der Waals surface area (Å²) in [4.78, 5) is 40.2. The highest BCUT2D eigenvalue weighted by molar-refractivity contribution is 6.03. The predicted molar refractivity (Wildman–Crippen MR) is 96.2 cm³/mol. The Morgan fingerprint density at radius 1 is 1.28 bits per heavy atom. The molecule has 1 atom stereocenters. The number of rotatable bonds is 7. The van der Waals surface area contributed by atoms with Crippen molar-refractivity contribution in [3.05, 3.63) is 24.0 Å². The van der Waals surface area contributed by atoms with Crippen LogP contribution in [0.15, 0.2) is 18.5 Å². The lowest BCUT2D eigenvalue weighted by molar-refractivity contribution is -0.149. The molecule has 2 rings (SSSR count). The lowest BCUT2D eigenvalue weighted by Crippen LogP contribution is -2.60. The lowest BCUT2D eigenvalue weighted by atomic mass is 9.74. The number of hydrogen-bond donors (Lipinski definition) is 0. The minimum Gasteiger partial charge on any atom is -0.357 e. The Balaban J connectivity index is 2.20. The molecule has 1 heterocycles. The van der Waals surface area contributed by atoms with Gasteiger partial charge in [-0.2, -0.15) is 0 Å². The fourth-order valence-corrected chi connectivity index (χ4v) is 3.76. The van der Waals surface area contributed by atoms with Gasteiger partial charge in [-0.15, -0.1) is 0 Å². The second kappa shape index (κ2) is 7.95. The maximum atomic E-state index is 13.2. The minimum absolute atomic E-state index is 0.193. The molecule has 0 aliphatic heterocycles. The van der Waals surface area contributed by atoms with Crippen molar-refractivity contribution < 1.29 is 14.4 Å². The zero-order valence-corrected chi connectivity index (χ0v) is 15.7. The molecule has 2 amide bonds. The van der Waals surface area contributed by atoms with E-state index in [-0.39, 0.29) is 24.2 Å². The third-order valence-corrected chi connectivity index (χ3v) is 5.62. The quantitative estimate of drug-likeness (QED) is 0.560. The molecule has 1 aliphatic carbocycles. The van der Waals surface area contributed by atoms with E-state index in [2.05, 4.69) is 0 Å². The smallest absolute Gasteiger partial charge is 0.249 e. The highest BCUT2D eigenvalue weighted by atomic mass is 16.2. The van der Waals surface area contributed by atoms with E-state index in [1.807, 2.05) is 33.0 Å². The molecule has 0 radical (unpaired) electrons. The van der Waals surface area contributed by atoms with Crippen LogP contribution in [0, 0.1) is 5.92 Å². The molecule has 1 unspecified atom stereocenters. The maximum absolute atomic E-state index is 13.2.